The SMILES string of the molecule is Cc1noc(C)c1[S+](=O)([O-])N1CCC2(CC1)C(=O)Nc1ccccc12. The maximum absolute atomic E-state index is 12.9. The van der Waals surface area contributed by atoms with Gasteiger partial charge in [-0.15, -0.1) is 4.31 Å². The molecule has 2 aromatic rings. The van der Waals surface area contributed by atoms with E-state index in [4.69, 9.17) is 4.52 Å². The number of carbonyl (C=O) groups excluding carboxylic acids is 1. The van der Waals surface area contributed by atoms with Crippen molar-refractivity contribution in [2.45, 2.75) is 37.0 Å². The number of aromatic nitrogens is 1. The van der Waals surface area contributed by atoms with Crippen LogP contribution in [0.2, 0.25) is 0 Å². The number of nitrogens with one attached hydrogen (secondary N) is 1. The highest BCUT2D eigenvalue weighted by atomic mass is 32.3. The van der Waals surface area contributed by atoms with Crippen molar-refractivity contribution in [2.75, 3.05) is 18.4 Å². The van der Waals surface area contributed by atoms with Gasteiger partial charge in [0.15, 0.2) is 16.2 Å². The average Bonchev–Trinajstić information content (AvgIpc) is 3.06. The molecule has 4 rings (SSSR count). The first-order chi connectivity index (χ1) is 11.9. The van der Waals surface area contributed by atoms with Gasteiger partial charge >= 0.3 is 0 Å². The Morgan fingerprint density at radius 1 is 1.28 bits per heavy atom. The van der Waals surface area contributed by atoms with Crippen LogP contribution in [0.25, 0.3) is 0 Å². The fourth-order valence-corrected chi connectivity index (χ4v) is 5.68. The molecular formula is C17H19N3O4S. The summed E-state index contributed by atoms with van der Waals surface area (Å²) in [5.74, 6) is 0.254. The van der Waals surface area contributed by atoms with E-state index in [1.54, 1.807) is 13.8 Å². The van der Waals surface area contributed by atoms with Gasteiger partial charge in [-0.1, -0.05) is 27.6 Å². The molecule has 1 unspecified atom stereocenters. The van der Waals surface area contributed by atoms with Crippen molar-refractivity contribution >= 4 is 22.0 Å². The first-order valence-electron chi connectivity index (χ1n) is 8.20. The van der Waals surface area contributed by atoms with E-state index >= 15 is 0 Å². The highest BCUT2D eigenvalue weighted by Gasteiger charge is 2.51. The lowest BCUT2D eigenvalue weighted by atomic mass is 9.74. The van der Waals surface area contributed by atoms with Crippen LogP contribution >= 0.6 is 0 Å². The standard InChI is InChI=1S/C17H19N3O4S/c1-11-15(12(2)24-19-11)25(22,23)20-9-7-17(8-10-20)13-5-3-4-6-14(13)18-16(17)21/h3-6H,7-10H2,1-2H3,(H-,18,21,22,23). The molecule has 1 fully saturated rings. The van der Waals surface area contributed by atoms with Gasteiger partial charge < -0.3 is 14.4 Å². The Kier molecular flexibility index (Phi) is 3.61. The average molecular weight is 361 g/mol. The molecule has 2 aliphatic rings. The Morgan fingerprint density at radius 2 is 1.96 bits per heavy atom. The zero-order valence-electron chi connectivity index (χ0n) is 14.1. The molecule has 3 heterocycles. The molecule has 0 bridgehead atoms. The third-order valence-corrected chi connectivity index (χ3v) is 7.41. The van der Waals surface area contributed by atoms with Crippen LogP contribution < -0.4 is 5.32 Å². The smallest absolute Gasteiger partial charge is 0.240 e. The molecule has 1 aromatic carbocycles. The summed E-state index contributed by atoms with van der Waals surface area (Å²) in [6.07, 6.45) is 0.914. The zero-order valence-corrected chi connectivity index (χ0v) is 14.9. The lowest BCUT2D eigenvalue weighted by Crippen LogP contribution is -2.50. The van der Waals surface area contributed by atoms with E-state index in [1.807, 2.05) is 24.3 Å². The molecular weight excluding hydrogens is 342 g/mol. The van der Waals surface area contributed by atoms with Crippen molar-refractivity contribution in [1.29, 1.82) is 0 Å². The number of nitrogens with zero attached hydrogens (tertiary/aromatic N) is 2. The summed E-state index contributed by atoms with van der Waals surface area (Å²) >= 11 is 0. The van der Waals surface area contributed by atoms with Crippen molar-refractivity contribution in [3.8, 4) is 0 Å². The summed E-state index contributed by atoms with van der Waals surface area (Å²) in [5.41, 5.74) is 1.52. The first-order valence-corrected chi connectivity index (χ1v) is 9.64. The number of benzene rings is 1. The van der Waals surface area contributed by atoms with Gasteiger partial charge in [-0.2, -0.15) is 0 Å². The van der Waals surface area contributed by atoms with Gasteiger partial charge in [0.2, 0.25) is 10.8 Å². The second-order valence-corrected chi connectivity index (χ2v) is 8.51. The van der Waals surface area contributed by atoms with Crippen LogP contribution in [-0.2, 0) is 24.8 Å². The fourth-order valence-electron chi connectivity index (χ4n) is 3.95. The molecule has 0 saturated carbocycles. The second-order valence-electron chi connectivity index (χ2n) is 6.64. The van der Waals surface area contributed by atoms with Crippen LogP contribution in [0.15, 0.2) is 33.7 Å². The third-order valence-electron chi connectivity index (χ3n) is 5.27. The number of aryl methyl sites for hydroxylation is 2. The molecule has 1 amide bonds. The van der Waals surface area contributed by atoms with E-state index < -0.39 is 15.8 Å². The van der Waals surface area contributed by atoms with Crippen molar-refractivity contribution < 1.29 is 18.1 Å². The summed E-state index contributed by atoms with van der Waals surface area (Å²) < 4.78 is 32.3. The summed E-state index contributed by atoms with van der Waals surface area (Å²) in [6.45, 7) is 3.79. The Bertz CT molecular complexity index is 880. The molecule has 8 heteroatoms. The van der Waals surface area contributed by atoms with Gasteiger partial charge in [0.25, 0.3) is 0 Å². The number of anilines is 1. The number of rotatable bonds is 2. The van der Waals surface area contributed by atoms with Crippen LogP contribution in [-0.4, -0.2) is 33.0 Å². The number of sulfonamides is 1. The molecule has 132 valence electrons. The topological polar surface area (TPSA) is 98.5 Å². The van der Waals surface area contributed by atoms with Crippen LogP contribution in [0.1, 0.15) is 29.9 Å². The molecule has 1 N–H and O–H groups in total. The highest BCUT2D eigenvalue weighted by molar-refractivity contribution is 7.95. The largest absolute Gasteiger partial charge is 0.593 e. The molecule has 1 aromatic heterocycles. The van der Waals surface area contributed by atoms with E-state index in [-0.39, 0.29) is 23.9 Å². The lowest BCUT2D eigenvalue weighted by molar-refractivity contribution is -0.122. The normalized spacial score (nSPS) is 21.8. The molecule has 0 radical (unpaired) electrons. The molecule has 7 nitrogen and oxygen atoms in total. The number of fused-ring (bicyclic) bond motifs is 2. The Labute approximate surface area is 146 Å². The Balaban J connectivity index is 1.62. The number of carbonyl (C=O) groups is 1. The number of piperidine rings is 1. The third kappa shape index (κ3) is 2.28. The molecule has 1 spiro atoms. The maximum Gasteiger partial charge on any atom is 0.240 e. The molecule has 1 atom stereocenters. The molecule has 0 aliphatic carbocycles. The highest BCUT2D eigenvalue weighted by Crippen LogP contribution is 2.46. The van der Waals surface area contributed by atoms with Crippen LogP contribution in [0, 0.1) is 13.8 Å². The minimum Gasteiger partial charge on any atom is -0.593 e. The minimum atomic E-state index is -3.68. The van der Waals surface area contributed by atoms with Gasteiger partial charge in [0.05, 0.1) is 5.41 Å². The minimum absolute atomic E-state index is 0.0388. The Morgan fingerprint density at radius 3 is 2.60 bits per heavy atom. The predicted molar refractivity (Wildman–Crippen MR) is 90.6 cm³/mol. The van der Waals surface area contributed by atoms with Crippen molar-refractivity contribution in [1.82, 2.24) is 9.46 Å². The molecule has 2 aliphatic heterocycles. The summed E-state index contributed by atoms with van der Waals surface area (Å²) in [7, 11) is -3.68. The lowest BCUT2D eigenvalue weighted by Gasteiger charge is -2.38. The van der Waals surface area contributed by atoms with E-state index in [9.17, 15) is 13.6 Å². The van der Waals surface area contributed by atoms with Gasteiger partial charge in [0.1, 0.15) is 5.69 Å². The number of hydrogen-bond donors (Lipinski definition) is 1. The van der Waals surface area contributed by atoms with Crippen molar-refractivity contribution in [3.63, 3.8) is 0 Å². The maximum atomic E-state index is 12.9. The monoisotopic (exact) mass is 361 g/mol. The van der Waals surface area contributed by atoms with E-state index in [0.717, 1.165) is 11.3 Å². The van der Waals surface area contributed by atoms with E-state index in [1.165, 1.54) is 4.31 Å². The predicted octanol–water partition coefficient (Wildman–Crippen LogP) is 2.18. The van der Waals surface area contributed by atoms with E-state index in [0.29, 0.717) is 24.3 Å². The van der Waals surface area contributed by atoms with Gasteiger partial charge in [-0.3, -0.25) is 4.79 Å². The summed E-state index contributed by atoms with van der Waals surface area (Å²) in [5, 5.41) is 6.67. The fraction of sp³-hybridized carbons (Fsp3) is 0.412. The Hall–Kier alpha value is -2.03. The number of hydrogen-bond acceptors (Lipinski definition) is 5. The van der Waals surface area contributed by atoms with Crippen LogP contribution in [0.3, 0.4) is 0 Å². The van der Waals surface area contributed by atoms with Gasteiger partial charge in [0, 0.05) is 25.7 Å². The van der Waals surface area contributed by atoms with E-state index in [2.05, 4.69) is 10.5 Å². The quantitative estimate of drug-likeness (QED) is 0.827. The van der Waals surface area contributed by atoms with Gasteiger partial charge in [-0.25, -0.2) is 0 Å². The molecule has 1 saturated heterocycles. The first kappa shape index (κ1) is 16.4. The zero-order chi connectivity index (χ0) is 17.8. The summed E-state index contributed by atoms with van der Waals surface area (Å²) in [6, 6.07) is 7.63. The number of amides is 1. The van der Waals surface area contributed by atoms with Crippen LogP contribution in [0.5, 0.6) is 0 Å². The van der Waals surface area contributed by atoms with Crippen LogP contribution in [0.4, 0.5) is 5.69 Å². The molecule has 25 heavy (non-hydrogen) atoms. The van der Waals surface area contributed by atoms with Crippen molar-refractivity contribution in [3.05, 3.63) is 41.3 Å². The van der Waals surface area contributed by atoms with Gasteiger partial charge in [-0.05, 0) is 31.4 Å². The number of para-hydroxylation sites is 1. The summed E-state index contributed by atoms with van der Waals surface area (Å²) in [4.78, 5) is 12.7. The van der Waals surface area contributed by atoms with Crippen molar-refractivity contribution in [2.24, 2.45) is 0 Å². The second kappa shape index (κ2) is 5.48.